The number of anilines is 1. The van der Waals surface area contributed by atoms with E-state index in [4.69, 9.17) is 16.0 Å². The Kier molecular flexibility index (Phi) is 4.39. The number of nitrogens with one attached hydrogen (secondary N) is 2. The fraction of sp³-hybridized carbons (Fsp3) is 0.154. The van der Waals surface area contributed by atoms with Gasteiger partial charge in [0.2, 0.25) is 5.91 Å². The summed E-state index contributed by atoms with van der Waals surface area (Å²) < 4.78 is 4.93. The highest BCUT2D eigenvalue weighted by molar-refractivity contribution is 6.33. The summed E-state index contributed by atoms with van der Waals surface area (Å²) >= 11 is 5.94. The van der Waals surface area contributed by atoms with Crippen LogP contribution < -0.4 is 10.6 Å². The van der Waals surface area contributed by atoms with Gasteiger partial charge in [0.15, 0.2) is 0 Å². The molecular formula is C13H13ClN2O2. The van der Waals surface area contributed by atoms with E-state index in [2.05, 4.69) is 10.6 Å². The first-order valence-corrected chi connectivity index (χ1v) is 5.89. The van der Waals surface area contributed by atoms with Gasteiger partial charge in [-0.1, -0.05) is 23.7 Å². The lowest BCUT2D eigenvalue weighted by Crippen LogP contribution is -2.27. The van der Waals surface area contributed by atoms with E-state index < -0.39 is 0 Å². The molecule has 0 radical (unpaired) electrons. The first-order valence-electron chi connectivity index (χ1n) is 5.52. The fourth-order valence-electron chi connectivity index (χ4n) is 1.47. The summed E-state index contributed by atoms with van der Waals surface area (Å²) in [6.45, 7) is 0.808. The van der Waals surface area contributed by atoms with Gasteiger partial charge in [0.25, 0.3) is 0 Å². The van der Waals surface area contributed by atoms with E-state index in [0.29, 0.717) is 17.3 Å². The Morgan fingerprint density at radius 3 is 2.83 bits per heavy atom. The number of benzene rings is 1. The van der Waals surface area contributed by atoms with Crippen molar-refractivity contribution in [1.29, 1.82) is 0 Å². The molecule has 0 saturated heterocycles. The second-order valence-electron chi connectivity index (χ2n) is 3.76. The molecule has 0 aliphatic rings. The van der Waals surface area contributed by atoms with Crippen LogP contribution in [0, 0.1) is 0 Å². The molecule has 0 bridgehead atoms. The van der Waals surface area contributed by atoms with Crippen LogP contribution in [0.15, 0.2) is 47.3 Å². The molecule has 0 saturated carbocycles. The van der Waals surface area contributed by atoms with Gasteiger partial charge < -0.3 is 15.1 Å². The zero-order valence-corrected chi connectivity index (χ0v) is 10.4. The Morgan fingerprint density at radius 1 is 1.28 bits per heavy atom. The van der Waals surface area contributed by atoms with E-state index >= 15 is 0 Å². The monoisotopic (exact) mass is 264 g/mol. The molecule has 0 aliphatic heterocycles. The van der Waals surface area contributed by atoms with Crippen molar-refractivity contribution in [2.75, 3.05) is 11.9 Å². The molecule has 2 rings (SSSR count). The van der Waals surface area contributed by atoms with Gasteiger partial charge in [0.05, 0.1) is 29.8 Å². The fourth-order valence-corrected chi connectivity index (χ4v) is 1.65. The van der Waals surface area contributed by atoms with Crippen LogP contribution in [-0.2, 0) is 11.3 Å². The maximum Gasteiger partial charge on any atom is 0.238 e. The standard InChI is InChI=1S/C13H13ClN2O2/c14-11-3-1-2-4-12(11)16-13(17)8-15-7-10-5-6-18-9-10/h1-6,9,15H,7-8H2,(H,16,17). The van der Waals surface area contributed by atoms with E-state index in [9.17, 15) is 4.79 Å². The summed E-state index contributed by atoms with van der Waals surface area (Å²) in [4.78, 5) is 11.6. The molecule has 5 heteroatoms. The van der Waals surface area contributed by atoms with Crippen molar-refractivity contribution in [2.24, 2.45) is 0 Å². The maximum absolute atomic E-state index is 11.6. The molecule has 94 valence electrons. The third-order valence-corrected chi connectivity index (χ3v) is 2.67. The van der Waals surface area contributed by atoms with Gasteiger partial charge in [-0.25, -0.2) is 0 Å². The zero-order chi connectivity index (χ0) is 12.8. The minimum atomic E-state index is -0.133. The number of hydrogen-bond donors (Lipinski definition) is 2. The Hall–Kier alpha value is -1.78. The van der Waals surface area contributed by atoms with Crippen molar-refractivity contribution in [2.45, 2.75) is 6.54 Å². The SMILES string of the molecule is O=C(CNCc1ccoc1)Nc1ccccc1Cl. The average molecular weight is 265 g/mol. The molecule has 18 heavy (non-hydrogen) atoms. The zero-order valence-electron chi connectivity index (χ0n) is 9.65. The lowest BCUT2D eigenvalue weighted by atomic mass is 10.3. The first kappa shape index (κ1) is 12.7. The van der Waals surface area contributed by atoms with E-state index in [1.165, 1.54) is 0 Å². The van der Waals surface area contributed by atoms with Crippen molar-refractivity contribution >= 4 is 23.2 Å². The minimum Gasteiger partial charge on any atom is -0.472 e. The smallest absolute Gasteiger partial charge is 0.238 e. The van der Waals surface area contributed by atoms with Crippen LogP contribution in [0.25, 0.3) is 0 Å². The molecule has 0 fully saturated rings. The van der Waals surface area contributed by atoms with Crippen molar-refractivity contribution in [3.63, 3.8) is 0 Å². The maximum atomic E-state index is 11.6. The predicted octanol–water partition coefficient (Wildman–Crippen LogP) is 2.66. The van der Waals surface area contributed by atoms with Crippen LogP contribution in [0.1, 0.15) is 5.56 Å². The molecule has 2 aromatic rings. The Bertz CT molecular complexity index is 511. The second-order valence-corrected chi connectivity index (χ2v) is 4.17. The van der Waals surface area contributed by atoms with E-state index in [-0.39, 0.29) is 12.5 Å². The van der Waals surface area contributed by atoms with Crippen molar-refractivity contribution in [1.82, 2.24) is 5.32 Å². The summed E-state index contributed by atoms with van der Waals surface area (Å²) in [6, 6.07) is 8.97. The quantitative estimate of drug-likeness (QED) is 0.873. The number of amides is 1. The number of rotatable bonds is 5. The number of carbonyl (C=O) groups is 1. The normalized spacial score (nSPS) is 10.3. The molecule has 0 aliphatic carbocycles. The highest BCUT2D eigenvalue weighted by atomic mass is 35.5. The average Bonchev–Trinajstić information content (AvgIpc) is 2.85. The van der Waals surface area contributed by atoms with Gasteiger partial charge in [-0.2, -0.15) is 0 Å². The Morgan fingerprint density at radius 2 is 2.11 bits per heavy atom. The van der Waals surface area contributed by atoms with Crippen molar-refractivity contribution in [3.05, 3.63) is 53.4 Å². The van der Waals surface area contributed by atoms with Gasteiger partial charge in [0, 0.05) is 12.1 Å². The summed E-state index contributed by atoms with van der Waals surface area (Å²) in [7, 11) is 0. The van der Waals surface area contributed by atoms with Crippen molar-refractivity contribution in [3.8, 4) is 0 Å². The molecule has 0 spiro atoms. The van der Waals surface area contributed by atoms with E-state index in [1.807, 2.05) is 18.2 Å². The molecule has 1 aromatic heterocycles. The number of halogens is 1. The van der Waals surface area contributed by atoms with Crippen LogP contribution in [0.3, 0.4) is 0 Å². The highest BCUT2D eigenvalue weighted by Crippen LogP contribution is 2.19. The summed E-state index contributed by atoms with van der Waals surface area (Å²) in [5, 5.41) is 6.27. The molecule has 1 aromatic carbocycles. The van der Waals surface area contributed by atoms with Crippen LogP contribution >= 0.6 is 11.6 Å². The topological polar surface area (TPSA) is 54.3 Å². The molecular weight excluding hydrogens is 252 g/mol. The van der Waals surface area contributed by atoms with Crippen molar-refractivity contribution < 1.29 is 9.21 Å². The molecule has 2 N–H and O–H groups in total. The summed E-state index contributed by atoms with van der Waals surface area (Å²) in [5.41, 5.74) is 1.62. The number of furan rings is 1. The molecule has 4 nitrogen and oxygen atoms in total. The number of hydrogen-bond acceptors (Lipinski definition) is 3. The van der Waals surface area contributed by atoms with Gasteiger partial charge in [0.1, 0.15) is 0 Å². The summed E-state index contributed by atoms with van der Waals surface area (Å²) in [6.07, 6.45) is 3.24. The lowest BCUT2D eigenvalue weighted by molar-refractivity contribution is -0.115. The second kappa shape index (κ2) is 6.23. The van der Waals surface area contributed by atoms with E-state index in [0.717, 1.165) is 5.56 Å². The minimum absolute atomic E-state index is 0.133. The Labute approximate surface area is 110 Å². The van der Waals surface area contributed by atoms with Crippen LogP contribution in [0.2, 0.25) is 5.02 Å². The van der Waals surface area contributed by atoms with Crippen LogP contribution in [0.5, 0.6) is 0 Å². The largest absolute Gasteiger partial charge is 0.472 e. The predicted molar refractivity (Wildman–Crippen MR) is 70.5 cm³/mol. The lowest BCUT2D eigenvalue weighted by Gasteiger charge is -2.07. The third-order valence-electron chi connectivity index (χ3n) is 2.34. The highest BCUT2D eigenvalue weighted by Gasteiger charge is 2.04. The van der Waals surface area contributed by atoms with Gasteiger partial charge >= 0.3 is 0 Å². The molecule has 0 unspecified atom stereocenters. The third kappa shape index (κ3) is 3.61. The van der Waals surface area contributed by atoms with Crippen LogP contribution in [0.4, 0.5) is 5.69 Å². The van der Waals surface area contributed by atoms with Gasteiger partial charge in [-0.15, -0.1) is 0 Å². The number of para-hydroxylation sites is 1. The first-order chi connectivity index (χ1) is 8.75. The number of carbonyl (C=O) groups excluding carboxylic acids is 1. The molecule has 1 amide bonds. The summed E-state index contributed by atoms with van der Waals surface area (Å²) in [5.74, 6) is -0.133. The molecule has 0 atom stereocenters. The van der Waals surface area contributed by atoms with Gasteiger partial charge in [-0.05, 0) is 18.2 Å². The van der Waals surface area contributed by atoms with Crippen LogP contribution in [-0.4, -0.2) is 12.5 Å². The van der Waals surface area contributed by atoms with E-state index in [1.54, 1.807) is 24.7 Å². The van der Waals surface area contributed by atoms with Gasteiger partial charge in [-0.3, -0.25) is 4.79 Å². The Balaban J connectivity index is 1.77. The molecule has 1 heterocycles.